The van der Waals surface area contributed by atoms with E-state index in [2.05, 4.69) is 41.0 Å². The average molecular weight is 268 g/mol. The van der Waals surface area contributed by atoms with Gasteiger partial charge in [0.1, 0.15) is 0 Å². The highest BCUT2D eigenvalue weighted by Crippen LogP contribution is 2.16. The number of carbonyl (C=O) groups is 1. The zero-order valence-electron chi connectivity index (χ0n) is 11.6. The molecule has 1 aliphatic rings. The lowest BCUT2D eigenvalue weighted by Crippen LogP contribution is -2.40. The van der Waals surface area contributed by atoms with Crippen molar-refractivity contribution >= 4 is 16.7 Å². The fraction of sp³-hybridized carbons (Fsp3) is 0.353. The van der Waals surface area contributed by atoms with Crippen LogP contribution >= 0.6 is 0 Å². The van der Waals surface area contributed by atoms with Crippen LogP contribution in [0.5, 0.6) is 0 Å². The van der Waals surface area contributed by atoms with Gasteiger partial charge < -0.3 is 10.6 Å². The van der Waals surface area contributed by atoms with Crippen LogP contribution in [0.25, 0.3) is 10.8 Å². The summed E-state index contributed by atoms with van der Waals surface area (Å²) in [5.41, 5.74) is 1.15. The molecule has 1 heterocycles. The van der Waals surface area contributed by atoms with E-state index in [-0.39, 0.29) is 11.8 Å². The highest BCUT2D eigenvalue weighted by Gasteiger charge is 2.20. The van der Waals surface area contributed by atoms with Gasteiger partial charge in [0, 0.05) is 13.1 Å². The molecule has 2 aromatic rings. The van der Waals surface area contributed by atoms with Crippen LogP contribution < -0.4 is 10.6 Å². The SMILES string of the molecule is O=C(NCc1ccc2ccccc2c1)C1CCCNC1. The van der Waals surface area contributed by atoms with Crippen molar-refractivity contribution in [2.24, 2.45) is 5.92 Å². The van der Waals surface area contributed by atoms with Gasteiger partial charge in [0.25, 0.3) is 0 Å². The van der Waals surface area contributed by atoms with E-state index < -0.39 is 0 Å². The van der Waals surface area contributed by atoms with Gasteiger partial charge in [-0.2, -0.15) is 0 Å². The third kappa shape index (κ3) is 2.99. The molecular formula is C17H20N2O. The molecule has 0 radical (unpaired) electrons. The molecule has 3 heteroatoms. The lowest BCUT2D eigenvalue weighted by Gasteiger charge is -2.21. The van der Waals surface area contributed by atoms with E-state index in [4.69, 9.17) is 0 Å². The molecule has 20 heavy (non-hydrogen) atoms. The van der Waals surface area contributed by atoms with Crippen molar-refractivity contribution in [2.45, 2.75) is 19.4 Å². The van der Waals surface area contributed by atoms with Crippen molar-refractivity contribution in [3.8, 4) is 0 Å². The minimum Gasteiger partial charge on any atom is -0.352 e. The molecule has 3 rings (SSSR count). The zero-order valence-corrected chi connectivity index (χ0v) is 11.6. The van der Waals surface area contributed by atoms with Gasteiger partial charge in [0.05, 0.1) is 5.92 Å². The first-order chi connectivity index (χ1) is 9.83. The second kappa shape index (κ2) is 6.06. The van der Waals surface area contributed by atoms with Crippen molar-refractivity contribution < 1.29 is 4.79 Å². The molecule has 0 spiro atoms. The summed E-state index contributed by atoms with van der Waals surface area (Å²) in [4.78, 5) is 12.1. The van der Waals surface area contributed by atoms with Crippen LogP contribution in [0.4, 0.5) is 0 Å². The summed E-state index contributed by atoms with van der Waals surface area (Å²) in [7, 11) is 0. The Morgan fingerprint density at radius 3 is 2.85 bits per heavy atom. The number of amides is 1. The monoisotopic (exact) mass is 268 g/mol. The molecule has 0 saturated carbocycles. The lowest BCUT2D eigenvalue weighted by molar-refractivity contribution is -0.125. The van der Waals surface area contributed by atoms with Gasteiger partial charge in [0.15, 0.2) is 0 Å². The molecule has 0 bridgehead atoms. The lowest BCUT2D eigenvalue weighted by atomic mass is 9.98. The van der Waals surface area contributed by atoms with Crippen LogP contribution in [0.2, 0.25) is 0 Å². The largest absolute Gasteiger partial charge is 0.352 e. The third-order valence-electron chi connectivity index (χ3n) is 3.95. The Labute approximate surface area is 119 Å². The molecule has 1 aliphatic heterocycles. The fourth-order valence-corrected chi connectivity index (χ4v) is 2.76. The predicted molar refractivity (Wildman–Crippen MR) is 81.4 cm³/mol. The van der Waals surface area contributed by atoms with Crippen molar-refractivity contribution in [2.75, 3.05) is 13.1 Å². The minimum atomic E-state index is 0.129. The van der Waals surface area contributed by atoms with Crippen LogP contribution in [0.1, 0.15) is 18.4 Å². The number of benzene rings is 2. The van der Waals surface area contributed by atoms with E-state index >= 15 is 0 Å². The molecule has 1 saturated heterocycles. The van der Waals surface area contributed by atoms with Crippen molar-refractivity contribution in [3.63, 3.8) is 0 Å². The number of piperidine rings is 1. The highest BCUT2D eigenvalue weighted by molar-refractivity contribution is 5.83. The van der Waals surface area contributed by atoms with Crippen molar-refractivity contribution in [1.82, 2.24) is 10.6 Å². The molecule has 1 unspecified atom stereocenters. The second-order valence-corrected chi connectivity index (χ2v) is 5.44. The molecule has 1 fully saturated rings. The number of hydrogen-bond donors (Lipinski definition) is 2. The Hall–Kier alpha value is -1.87. The van der Waals surface area contributed by atoms with Gasteiger partial charge in [-0.05, 0) is 41.8 Å². The summed E-state index contributed by atoms with van der Waals surface area (Å²) < 4.78 is 0. The molecule has 104 valence electrons. The van der Waals surface area contributed by atoms with Crippen LogP contribution in [0.3, 0.4) is 0 Å². The maximum atomic E-state index is 12.1. The van der Waals surface area contributed by atoms with Crippen molar-refractivity contribution in [1.29, 1.82) is 0 Å². The number of rotatable bonds is 3. The molecule has 1 atom stereocenters. The number of hydrogen-bond acceptors (Lipinski definition) is 2. The molecule has 1 amide bonds. The molecule has 0 aliphatic carbocycles. The molecule has 2 aromatic carbocycles. The standard InChI is InChI=1S/C17H20N2O/c20-17(16-6-3-9-18-12-16)19-11-13-7-8-14-4-1-2-5-15(14)10-13/h1-2,4-5,7-8,10,16,18H,3,6,9,11-12H2,(H,19,20). The number of fused-ring (bicyclic) bond motifs is 1. The van der Waals surface area contributed by atoms with Gasteiger partial charge in [-0.25, -0.2) is 0 Å². The Morgan fingerprint density at radius 1 is 1.20 bits per heavy atom. The minimum absolute atomic E-state index is 0.129. The summed E-state index contributed by atoms with van der Waals surface area (Å²) in [5.74, 6) is 0.301. The van der Waals surface area contributed by atoms with E-state index in [1.807, 2.05) is 12.1 Å². The normalized spacial score (nSPS) is 18.9. The number of nitrogens with one attached hydrogen (secondary N) is 2. The van der Waals surface area contributed by atoms with E-state index in [9.17, 15) is 4.79 Å². The Balaban J connectivity index is 1.62. The Bertz CT molecular complexity index is 603. The summed E-state index contributed by atoms with van der Waals surface area (Å²) in [6.07, 6.45) is 2.09. The first kappa shape index (κ1) is 13.1. The zero-order chi connectivity index (χ0) is 13.8. The highest BCUT2D eigenvalue weighted by atomic mass is 16.1. The first-order valence-corrected chi connectivity index (χ1v) is 7.29. The molecule has 3 nitrogen and oxygen atoms in total. The van der Waals surface area contributed by atoms with Gasteiger partial charge in [-0.3, -0.25) is 4.79 Å². The van der Waals surface area contributed by atoms with E-state index in [1.165, 1.54) is 10.8 Å². The fourth-order valence-electron chi connectivity index (χ4n) is 2.76. The molecule has 2 N–H and O–H groups in total. The number of carbonyl (C=O) groups excluding carboxylic acids is 1. The average Bonchev–Trinajstić information content (AvgIpc) is 2.53. The van der Waals surface area contributed by atoms with E-state index in [0.29, 0.717) is 6.54 Å². The topological polar surface area (TPSA) is 41.1 Å². The summed E-state index contributed by atoms with van der Waals surface area (Å²) >= 11 is 0. The Morgan fingerprint density at radius 2 is 2.05 bits per heavy atom. The van der Waals surface area contributed by atoms with Crippen molar-refractivity contribution in [3.05, 3.63) is 48.0 Å². The summed E-state index contributed by atoms with van der Waals surface area (Å²) in [5, 5.41) is 8.79. The van der Waals surface area contributed by atoms with E-state index in [0.717, 1.165) is 31.5 Å². The third-order valence-corrected chi connectivity index (χ3v) is 3.95. The van der Waals surface area contributed by atoms with Crippen LogP contribution in [0, 0.1) is 5.92 Å². The van der Waals surface area contributed by atoms with Gasteiger partial charge in [-0.1, -0.05) is 36.4 Å². The smallest absolute Gasteiger partial charge is 0.224 e. The predicted octanol–water partition coefficient (Wildman–Crippen LogP) is 2.46. The van der Waals surface area contributed by atoms with Crippen LogP contribution in [-0.2, 0) is 11.3 Å². The maximum Gasteiger partial charge on any atom is 0.224 e. The first-order valence-electron chi connectivity index (χ1n) is 7.29. The molecule has 0 aromatic heterocycles. The summed E-state index contributed by atoms with van der Waals surface area (Å²) in [6, 6.07) is 14.6. The maximum absolute atomic E-state index is 12.1. The van der Waals surface area contributed by atoms with Gasteiger partial charge in [-0.15, -0.1) is 0 Å². The molecular weight excluding hydrogens is 248 g/mol. The Kier molecular flexibility index (Phi) is 3.97. The van der Waals surface area contributed by atoms with Gasteiger partial charge >= 0.3 is 0 Å². The second-order valence-electron chi connectivity index (χ2n) is 5.44. The van der Waals surface area contributed by atoms with Crippen LogP contribution in [-0.4, -0.2) is 19.0 Å². The van der Waals surface area contributed by atoms with Gasteiger partial charge in [0.2, 0.25) is 5.91 Å². The quantitative estimate of drug-likeness (QED) is 0.898. The van der Waals surface area contributed by atoms with Crippen LogP contribution in [0.15, 0.2) is 42.5 Å². The summed E-state index contributed by atoms with van der Waals surface area (Å²) in [6.45, 7) is 2.46. The van der Waals surface area contributed by atoms with E-state index in [1.54, 1.807) is 0 Å².